The van der Waals surface area contributed by atoms with Crippen LogP contribution in [0, 0.1) is 20.8 Å². The van der Waals surface area contributed by atoms with Gasteiger partial charge in [0.1, 0.15) is 22.9 Å². The maximum Gasteiger partial charge on any atom is 0.349 e. The lowest BCUT2D eigenvalue weighted by atomic mass is 10.1. The molecule has 7 nitrogen and oxygen atoms in total. The Morgan fingerprint density at radius 2 is 1.70 bits per heavy atom. The summed E-state index contributed by atoms with van der Waals surface area (Å²) in [6.07, 6.45) is 1.27. The molecule has 1 aromatic carbocycles. The van der Waals surface area contributed by atoms with Gasteiger partial charge < -0.3 is 14.5 Å². The first kappa shape index (κ1) is 21.2. The number of hydrogen-bond acceptors (Lipinski definition) is 6. The summed E-state index contributed by atoms with van der Waals surface area (Å²) < 4.78 is 10.5. The third-order valence-electron chi connectivity index (χ3n) is 4.68. The van der Waals surface area contributed by atoms with E-state index in [1.807, 2.05) is 44.2 Å². The van der Waals surface area contributed by atoms with Crippen molar-refractivity contribution in [2.45, 2.75) is 40.2 Å². The van der Waals surface area contributed by atoms with Gasteiger partial charge >= 0.3 is 5.63 Å². The number of nitrogens with one attached hydrogen (secondary N) is 1. The van der Waals surface area contributed by atoms with E-state index >= 15 is 0 Å². The van der Waals surface area contributed by atoms with Crippen LogP contribution in [0.3, 0.4) is 0 Å². The van der Waals surface area contributed by atoms with E-state index in [0.29, 0.717) is 30.0 Å². The van der Waals surface area contributed by atoms with E-state index in [1.54, 1.807) is 20.1 Å². The van der Waals surface area contributed by atoms with E-state index in [4.69, 9.17) is 9.15 Å². The SMILES string of the molecule is COc1ccc(CCc2cc(C)c(C(=O)NCc3nc(C)cc(C)n3)c(=O)o2)cc1. The number of aryl methyl sites for hydroxylation is 5. The number of benzene rings is 1. The molecule has 0 radical (unpaired) electrons. The van der Waals surface area contributed by atoms with Crippen molar-refractivity contribution in [2.75, 3.05) is 7.11 Å². The molecular formula is C23H25N3O4. The predicted octanol–water partition coefficient (Wildman–Crippen LogP) is 3.08. The van der Waals surface area contributed by atoms with Gasteiger partial charge in [-0.25, -0.2) is 14.8 Å². The third kappa shape index (κ3) is 5.31. The van der Waals surface area contributed by atoms with Crippen LogP contribution in [0.4, 0.5) is 0 Å². The summed E-state index contributed by atoms with van der Waals surface area (Å²) in [5, 5.41) is 2.70. The zero-order chi connectivity index (χ0) is 21.7. The van der Waals surface area contributed by atoms with Gasteiger partial charge in [-0.2, -0.15) is 0 Å². The summed E-state index contributed by atoms with van der Waals surface area (Å²) in [4.78, 5) is 33.6. The molecule has 3 aromatic rings. The van der Waals surface area contributed by atoms with E-state index in [9.17, 15) is 9.59 Å². The molecule has 0 saturated carbocycles. The number of amides is 1. The highest BCUT2D eigenvalue weighted by molar-refractivity contribution is 5.95. The minimum absolute atomic E-state index is 0.00701. The molecule has 2 aromatic heterocycles. The first-order chi connectivity index (χ1) is 14.4. The second-order valence-corrected chi connectivity index (χ2v) is 7.16. The molecule has 3 rings (SSSR count). The number of methoxy groups -OCH3 is 1. The summed E-state index contributed by atoms with van der Waals surface area (Å²) in [6.45, 7) is 5.60. The summed E-state index contributed by atoms with van der Waals surface area (Å²) in [6, 6.07) is 11.3. The van der Waals surface area contributed by atoms with Crippen LogP contribution in [0.5, 0.6) is 5.75 Å². The standard InChI is InChI=1S/C23H25N3O4/c1-14-11-19(10-7-17-5-8-18(29-4)9-6-17)30-23(28)21(14)22(27)24-13-20-25-15(2)12-16(3)26-20/h5-6,8-9,11-12H,7,10,13H2,1-4H3,(H,24,27). The van der Waals surface area contributed by atoms with E-state index in [0.717, 1.165) is 22.7 Å². The molecule has 1 amide bonds. The Balaban J connectivity index is 1.67. The molecule has 0 spiro atoms. The summed E-state index contributed by atoms with van der Waals surface area (Å²) in [5.41, 5.74) is 2.69. The summed E-state index contributed by atoms with van der Waals surface area (Å²) in [7, 11) is 1.62. The number of hydrogen-bond donors (Lipinski definition) is 1. The number of carbonyl (C=O) groups is 1. The monoisotopic (exact) mass is 407 g/mol. The lowest BCUT2D eigenvalue weighted by molar-refractivity contribution is 0.0944. The molecule has 2 heterocycles. The van der Waals surface area contributed by atoms with Gasteiger partial charge in [0.25, 0.3) is 5.91 Å². The van der Waals surface area contributed by atoms with Gasteiger partial charge in [-0.15, -0.1) is 0 Å². The van der Waals surface area contributed by atoms with Crippen LogP contribution >= 0.6 is 0 Å². The van der Waals surface area contributed by atoms with Crippen LogP contribution in [0.2, 0.25) is 0 Å². The number of carbonyl (C=O) groups excluding carboxylic acids is 1. The molecule has 0 atom stereocenters. The van der Waals surface area contributed by atoms with Crippen LogP contribution in [0.25, 0.3) is 0 Å². The van der Waals surface area contributed by atoms with Crippen molar-refractivity contribution in [2.24, 2.45) is 0 Å². The van der Waals surface area contributed by atoms with Crippen LogP contribution < -0.4 is 15.7 Å². The first-order valence-corrected chi connectivity index (χ1v) is 9.71. The van der Waals surface area contributed by atoms with E-state index < -0.39 is 11.5 Å². The van der Waals surface area contributed by atoms with Gasteiger partial charge in [-0.1, -0.05) is 12.1 Å². The van der Waals surface area contributed by atoms with Crippen LogP contribution in [0.15, 0.2) is 45.6 Å². The summed E-state index contributed by atoms with van der Waals surface area (Å²) >= 11 is 0. The molecule has 0 bridgehead atoms. The molecule has 0 fully saturated rings. The van der Waals surface area contributed by atoms with E-state index in [-0.39, 0.29) is 12.1 Å². The van der Waals surface area contributed by atoms with Gasteiger partial charge in [0.2, 0.25) is 0 Å². The van der Waals surface area contributed by atoms with Crippen molar-refractivity contribution in [1.29, 1.82) is 0 Å². The van der Waals surface area contributed by atoms with Crippen LogP contribution in [-0.4, -0.2) is 23.0 Å². The highest BCUT2D eigenvalue weighted by Gasteiger charge is 2.17. The molecule has 0 aliphatic rings. The molecular weight excluding hydrogens is 382 g/mol. The lowest BCUT2D eigenvalue weighted by Gasteiger charge is -2.09. The minimum Gasteiger partial charge on any atom is -0.497 e. The van der Waals surface area contributed by atoms with Crippen molar-refractivity contribution < 1.29 is 13.9 Å². The molecule has 30 heavy (non-hydrogen) atoms. The van der Waals surface area contributed by atoms with Crippen molar-refractivity contribution in [3.05, 3.63) is 86.5 Å². The van der Waals surface area contributed by atoms with Gasteiger partial charge in [-0.05, 0) is 62.6 Å². The average Bonchev–Trinajstić information content (AvgIpc) is 2.70. The fourth-order valence-electron chi connectivity index (χ4n) is 3.25. The topological polar surface area (TPSA) is 94.3 Å². The zero-order valence-corrected chi connectivity index (χ0v) is 17.6. The number of rotatable bonds is 7. The average molecular weight is 407 g/mol. The molecule has 156 valence electrons. The maximum atomic E-state index is 12.5. The fourth-order valence-corrected chi connectivity index (χ4v) is 3.25. The predicted molar refractivity (Wildman–Crippen MR) is 113 cm³/mol. The van der Waals surface area contributed by atoms with Gasteiger partial charge in [0.05, 0.1) is 13.7 Å². The fraction of sp³-hybridized carbons (Fsp3) is 0.304. The Morgan fingerprint density at radius 1 is 1.03 bits per heavy atom. The molecule has 0 aliphatic heterocycles. The van der Waals surface area contributed by atoms with Crippen molar-refractivity contribution in [3.63, 3.8) is 0 Å². The molecule has 0 saturated heterocycles. The van der Waals surface area contributed by atoms with Gasteiger partial charge in [0.15, 0.2) is 0 Å². The second-order valence-electron chi connectivity index (χ2n) is 7.16. The minimum atomic E-state index is -0.640. The summed E-state index contributed by atoms with van der Waals surface area (Å²) in [5.74, 6) is 1.34. The highest BCUT2D eigenvalue weighted by Crippen LogP contribution is 2.14. The Hall–Kier alpha value is -3.48. The van der Waals surface area contributed by atoms with Crippen LogP contribution in [0.1, 0.15) is 44.5 Å². The number of ether oxygens (including phenoxy) is 1. The lowest BCUT2D eigenvalue weighted by Crippen LogP contribution is -2.30. The number of nitrogens with zero attached hydrogens (tertiary/aromatic N) is 2. The van der Waals surface area contributed by atoms with Gasteiger partial charge in [0, 0.05) is 17.8 Å². The Bertz CT molecular complexity index is 1080. The normalized spacial score (nSPS) is 10.7. The smallest absolute Gasteiger partial charge is 0.349 e. The number of aromatic nitrogens is 2. The second kappa shape index (κ2) is 9.35. The van der Waals surface area contributed by atoms with E-state index in [1.165, 1.54) is 0 Å². The highest BCUT2D eigenvalue weighted by atomic mass is 16.5. The van der Waals surface area contributed by atoms with Gasteiger partial charge in [-0.3, -0.25) is 4.79 Å². The van der Waals surface area contributed by atoms with Crippen molar-refractivity contribution in [1.82, 2.24) is 15.3 Å². The Morgan fingerprint density at radius 3 is 2.30 bits per heavy atom. The third-order valence-corrected chi connectivity index (χ3v) is 4.68. The Labute approximate surface area is 175 Å². The molecule has 7 heteroatoms. The molecule has 0 aliphatic carbocycles. The van der Waals surface area contributed by atoms with Crippen LogP contribution in [-0.2, 0) is 19.4 Å². The molecule has 1 N–H and O–H groups in total. The van der Waals surface area contributed by atoms with Crippen molar-refractivity contribution in [3.8, 4) is 5.75 Å². The van der Waals surface area contributed by atoms with Crippen molar-refractivity contribution >= 4 is 5.91 Å². The largest absolute Gasteiger partial charge is 0.497 e. The quantitative estimate of drug-likeness (QED) is 0.647. The molecule has 0 unspecified atom stereocenters. The Kier molecular flexibility index (Phi) is 6.61. The maximum absolute atomic E-state index is 12.5. The first-order valence-electron chi connectivity index (χ1n) is 9.71. The zero-order valence-electron chi connectivity index (χ0n) is 17.6. The van der Waals surface area contributed by atoms with E-state index in [2.05, 4.69) is 15.3 Å².